The molecule has 6 aliphatic heterocycles. The maximum atomic E-state index is 8.98. The normalized spacial score (nSPS) is 17.9. The highest BCUT2D eigenvalue weighted by Gasteiger charge is 2.28. The first-order chi connectivity index (χ1) is 48.9. The van der Waals surface area contributed by atoms with Crippen LogP contribution in [0.15, 0.2) is 91.8 Å². The van der Waals surface area contributed by atoms with Gasteiger partial charge in [-0.15, -0.1) is 10.2 Å². The number of piperidine rings is 3. The number of piperazine rings is 3. The highest BCUT2D eigenvalue weighted by molar-refractivity contribution is 6.32. The largest absolute Gasteiger partial charge is 0.489 e. The van der Waals surface area contributed by atoms with Crippen LogP contribution in [-0.4, -0.2) is 226 Å². The second kappa shape index (κ2) is 35.2. The lowest BCUT2D eigenvalue weighted by atomic mass is 10.1. The number of aromatic nitrogens is 14. The lowest BCUT2D eigenvalue weighted by molar-refractivity contribution is 0.166. The summed E-state index contributed by atoms with van der Waals surface area (Å²) in [5.74, 6) is 6.04. The Kier molecular flexibility index (Phi) is 25.1. The number of aryl methyl sites for hydroxylation is 4. The zero-order chi connectivity index (χ0) is 69.2. The molecule has 0 atom stereocenters. The third-order valence-corrected chi connectivity index (χ3v) is 20.1. The molecule has 0 amide bonds. The number of nitrogens with zero attached hydrogens (tertiary/aromatic N) is 23. The topological polar surface area (TPSA) is 256 Å². The van der Waals surface area contributed by atoms with Gasteiger partial charge in [-0.3, -0.25) is 14.7 Å². The van der Waals surface area contributed by atoms with E-state index < -0.39 is 0 Å². The number of rotatable bonds is 20. The molecule has 0 spiro atoms. The number of nitrogens with one attached hydrogen (secondary N) is 1. The van der Waals surface area contributed by atoms with E-state index in [9.17, 15) is 0 Å². The average molecular weight is 1420 g/mol. The van der Waals surface area contributed by atoms with Crippen LogP contribution in [0.1, 0.15) is 92.7 Å². The molecule has 0 aliphatic carbocycles. The first-order valence-electron chi connectivity index (χ1n) is 35.2. The molecule has 6 saturated heterocycles. The van der Waals surface area contributed by atoms with E-state index in [-0.39, 0.29) is 18.3 Å². The lowest BCUT2D eigenvalue weighted by Gasteiger charge is -2.34. The second-order valence-corrected chi connectivity index (χ2v) is 27.3. The van der Waals surface area contributed by atoms with Gasteiger partial charge >= 0.3 is 0 Å². The van der Waals surface area contributed by atoms with E-state index in [4.69, 9.17) is 54.3 Å². The van der Waals surface area contributed by atoms with E-state index in [1.165, 1.54) is 21.5 Å². The molecule has 0 bridgehead atoms. The summed E-state index contributed by atoms with van der Waals surface area (Å²) in [5.41, 5.74) is 7.02. The third-order valence-electron chi connectivity index (χ3n) is 19.2. The van der Waals surface area contributed by atoms with E-state index in [0.717, 1.165) is 247 Å². The van der Waals surface area contributed by atoms with E-state index in [1.807, 2.05) is 73.6 Å². The van der Waals surface area contributed by atoms with Crippen LogP contribution in [-0.2, 0) is 45.9 Å². The Morgan fingerprint density at radius 1 is 0.420 bits per heavy atom. The van der Waals surface area contributed by atoms with Gasteiger partial charge in [0, 0.05) is 213 Å². The summed E-state index contributed by atoms with van der Waals surface area (Å²) in [7, 11) is 1.79. The summed E-state index contributed by atoms with van der Waals surface area (Å²) < 4.78 is 18.8. The van der Waals surface area contributed by atoms with Crippen molar-refractivity contribution in [2.75, 3.05) is 142 Å². The van der Waals surface area contributed by atoms with Crippen molar-refractivity contribution in [3.05, 3.63) is 140 Å². The fraction of sp³-hybridized carbons (Fsp3) is 0.529. The molecule has 8 aromatic rings. The summed E-state index contributed by atoms with van der Waals surface area (Å²) in [5, 5.41) is 37.6. The molecule has 27 nitrogen and oxygen atoms in total. The van der Waals surface area contributed by atoms with Gasteiger partial charge in [0.2, 0.25) is 17.8 Å². The number of benzene rings is 3. The molecule has 530 valence electrons. The van der Waals surface area contributed by atoms with Crippen LogP contribution in [0.25, 0.3) is 0 Å². The quantitative estimate of drug-likeness (QED) is 0.0701. The molecule has 14 rings (SSSR count). The van der Waals surface area contributed by atoms with Crippen LogP contribution >= 0.6 is 34.8 Å². The van der Waals surface area contributed by atoms with Gasteiger partial charge in [-0.1, -0.05) is 84.0 Å². The first kappa shape index (κ1) is 71.3. The third kappa shape index (κ3) is 19.7. The number of ether oxygens (including phenoxy) is 3. The number of aromatic amines is 1. The fourth-order valence-electron chi connectivity index (χ4n) is 13.0. The molecule has 0 saturated carbocycles. The summed E-state index contributed by atoms with van der Waals surface area (Å²) >= 11 is 19.8. The monoisotopic (exact) mass is 1420 g/mol. The van der Waals surface area contributed by atoms with Crippen LogP contribution in [0, 0.1) is 11.5 Å². The van der Waals surface area contributed by atoms with Gasteiger partial charge in [-0.2, -0.15) is 15.3 Å². The first-order valence-corrected chi connectivity index (χ1v) is 36.3. The lowest BCUT2D eigenvalue weighted by Crippen LogP contribution is -2.46. The summed E-state index contributed by atoms with van der Waals surface area (Å²) in [4.78, 5) is 48.5. The SMILES string of the molecule is CCc1cnc(N2CCC(Oc3ccc(CN4CCN(C#N)CC4)cc3Cl)CC2)nc1.CCc1cnc(N2CCC(Oc3ccc(CN4CCN(c5nn[nH]n5)CC4)cc3Cl)CC2)nc1.CCc1cnc(N2CCC(Oc3ccc(CN4CCN(c5nnn(C)n5)CC4)cc3Cl)CC2)nc1. The minimum Gasteiger partial charge on any atom is -0.489 e. The number of hydrogen-bond acceptors (Lipinski definition) is 25. The zero-order valence-electron chi connectivity index (χ0n) is 57.8. The Labute approximate surface area is 600 Å². The van der Waals surface area contributed by atoms with Crippen molar-refractivity contribution in [3.63, 3.8) is 0 Å². The average Bonchev–Trinajstić information content (AvgIpc) is 0.866. The van der Waals surface area contributed by atoms with E-state index in [1.54, 1.807) is 11.9 Å². The highest BCUT2D eigenvalue weighted by atomic mass is 35.5. The van der Waals surface area contributed by atoms with E-state index >= 15 is 0 Å². The van der Waals surface area contributed by atoms with Crippen molar-refractivity contribution in [3.8, 4) is 23.4 Å². The number of tetrazole rings is 2. The molecule has 6 fully saturated rings. The molecule has 3 aromatic carbocycles. The molecule has 30 heteroatoms. The van der Waals surface area contributed by atoms with Crippen LogP contribution in [0.3, 0.4) is 0 Å². The number of H-pyrrole nitrogens is 1. The molecule has 100 heavy (non-hydrogen) atoms. The number of nitriles is 1. The maximum Gasteiger partial charge on any atom is 0.266 e. The van der Waals surface area contributed by atoms with Crippen molar-refractivity contribution in [1.29, 1.82) is 5.26 Å². The van der Waals surface area contributed by atoms with Gasteiger partial charge in [0.05, 0.1) is 22.1 Å². The van der Waals surface area contributed by atoms with Crippen molar-refractivity contribution < 1.29 is 14.2 Å². The summed E-state index contributed by atoms with van der Waals surface area (Å²) in [6.45, 7) is 24.8. The van der Waals surface area contributed by atoms with Gasteiger partial charge in [-0.05, 0) is 99.5 Å². The van der Waals surface area contributed by atoms with Crippen LogP contribution in [0.4, 0.5) is 29.7 Å². The standard InChI is InChI=1S/C24H32ClN9O.C23H30ClN9O.C23H29ClN6O/c1-3-18-15-26-23(27-16-18)33-8-6-20(7-9-33)35-22-5-4-19(14-21(22)25)17-32-10-12-34(13-11-32)24-28-30-31(2)29-24;1-2-17-14-25-22(26-15-17)32-7-5-19(6-8-32)34-21-4-3-18(13-20(21)24)16-31-9-11-33(12-10-31)23-27-29-30-28-23;1-2-18-14-26-23(27-15-18)30-7-5-20(6-8-30)31-22-4-3-19(13-21(22)24)16-28-9-11-29(17-25)12-10-28/h4-5,14-16,20H,3,6-13,17H2,1-2H3;3-4,13-15,19H,2,5-12,16H2,1H3,(H,27,28,29,30);3-4,13-15,20H,2,5-12,16H2,1H3. The molecule has 0 unspecified atom stereocenters. The summed E-state index contributed by atoms with van der Waals surface area (Å²) in [6.07, 6.45) is 22.5. The highest BCUT2D eigenvalue weighted by Crippen LogP contribution is 2.33. The van der Waals surface area contributed by atoms with E-state index in [0.29, 0.717) is 27.0 Å². The van der Waals surface area contributed by atoms with Gasteiger partial charge < -0.3 is 43.6 Å². The Bertz CT molecular complexity index is 3840. The number of anilines is 5. The minimum absolute atomic E-state index is 0.146. The van der Waals surface area contributed by atoms with Crippen molar-refractivity contribution in [2.45, 2.75) is 117 Å². The van der Waals surface area contributed by atoms with Crippen molar-refractivity contribution in [2.24, 2.45) is 7.05 Å². The fourth-order valence-corrected chi connectivity index (χ4v) is 13.8. The van der Waals surface area contributed by atoms with Gasteiger partial charge in [-0.25, -0.2) is 29.9 Å². The Morgan fingerprint density at radius 2 is 0.750 bits per heavy atom. The molecule has 6 aliphatic rings. The van der Waals surface area contributed by atoms with Gasteiger partial charge in [0.15, 0.2) is 6.19 Å². The van der Waals surface area contributed by atoms with E-state index in [2.05, 4.69) is 150 Å². The molecule has 0 radical (unpaired) electrons. The van der Waals surface area contributed by atoms with Gasteiger partial charge in [0.1, 0.15) is 35.6 Å². The van der Waals surface area contributed by atoms with Crippen molar-refractivity contribution >= 4 is 64.5 Å². The van der Waals surface area contributed by atoms with Gasteiger partial charge in [0.25, 0.3) is 11.9 Å². The smallest absolute Gasteiger partial charge is 0.266 e. The molecule has 5 aromatic heterocycles. The molecular weight excluding hydrogens is 1330 g/mol. The predicted molar refractivity (Wildman–Crippen MR) is 387 cm³/mol. The van der Waals surface area contributed by atoms with Crippen LogP contribution < -0.4 is 38.7 Å². The Balaban J connectivity index is 0.000000142. The van der Waals surface area contributed by atoms with Crippen LogP contribution in [0.5, 0.6) is 17.2 Å². The Morgan fingerprint density at radius 3 is 1.04 bits per heavy atom. The molecule has 1 N–H and O–H groups in total. The maximum absolute atomic E-state index is 8.98. The second-order valence-electron chi connectivity index (χ2n) is 26.1. The Hall–Kier alpha value is -8.52. The van der Waals surface area contributed by atoms with Crippen LogP contribution in [0.2, 0.25) is 15.1 Å². The van der Waals surface area contributed by atoms with Crippen molar-refractivity contribution in [1.82, 2.24) is 90.3 Å². The zero-order valence-corrected chi connectivity index (χ0v) is 60.0. The number of hydrogen-bond donors (Lipinski definition) is 1. The molecule has 11 heterocycles. The molecular formula is C70H91Cl3N24O3. The predicted octanol–water partition coefficient (Wildman–Crippen LogP) is 8.50. The minimum atomic E-state index is 0.146. The number of halogens is 3. The summed E-state index contributed by atoms with van der Waals surface area (Å²) in [6, 6.07) is 18.4.